The predicted octanol–water partition coefficient (Wildman–Crippen LogP) is 5.43. The predicted molar refractivity (Wildman–Crippen MR) is 167 cm³/mol. The van der Waals surface area contributed by atoms with Crippen molar-refractivity contribution in [2.45, 2.75) is 45.3 Å². The highest BCUT2D eigenvalue weighted by atomic mass is 79.9. The zero-order valence-electron chi connectivity index (χ0n) is 23.5. The highest BCUT2D eigenvalue weighted by Gasteiger charge is 2.34. The number of anilines is 1. The number of carbonyl (C=O) groups is 2. The Morgan fingerprint density at radius 3 is 2.27 bits per heavy atom. The van der Waals surface area contributed by atoms with Crippen LogP contribution in [0.1, 0.15) is 31.4 Å². The van der Waals surface area contributed by atoms with Crippen LogP contribution >= 0.6 is 27.5 Å². The van der Waals surface area contributed by atoms with Gasteiger partial charge in [0.05, 0.1) is 19.1 Å². The lowest BCUT2D eigenvalue weighted by Crippen LogP contribution is -2.54. The molecule has 0 aliphatic rings. The van der Waals surface area contributed by atoms with Crippen molar-refractivity contribution in [3.05, 3.63) is 93.4 Å². The van der Waals surface area contributed by atoms with Gasteiger partial charge in [-0.15, -0.1) is 0 Å². The molecule has 0 spiro atoms. The van der Waals surface area contributed by atoms with Crippen LogP contribution in [0, 0.1) is 0 Å². The van der Waals surface area contributed by atoms with Crippen molar-refractivity contribution in [2.75, 3.05) is 24.2 Å². The van der Waals surface area contributed by atoms with Crippen molar-refractivity contribution in [3.8, 4) is 5.75 Å². The molecule has 0 saturated heterocycles. The van der Waals surface area contributed by atoms with Gasteiger partial charge in [0.2, 0.25) is 21.8 Å². The molecule has 0 radical (unpaired) electrons. The molecular formula is C30H35BrClN3O5S. The second-order valence-corrected chi connectivity index (χ2v) is 13.0. The van der Waals surface area contributed by atoms with Gasteiger partial charge in [-0.3, -0.25) is 13.9 Å². The number of benzene rings is 3. The molecule has 0 bridgehead atoms. The van der Waals surface area contributed by atoms with Crippen LogP contribution in [0.5, 0.6) is 5.75 Å². The minimum Gasteiger partial charge on any atom is -0.495 e. The first-order valence-electron chi connectivity index (χ1n) is 13.1. The maximum atomic E-state index is 14.2. The van der Waals surface area contributed by atoms with Crippen LogP contribution in [-0.2, 0) is 32.6 Å². The molecule has 0 fully saturated rings. The van der Waals surface area contributed by atoms with Crippen molar-refractivity contribution in [1.82, 2.24) is 10.2 Å². The largest absolute Gasteiger partial charge is 0.495 e. The molecule has 0 heterocycles. The summed E-state index contributed by atoms with van der Waals surface area (Å²) in [6.45, 7) is 3.38. The molecule has 1 N–H and O–H groups in total. The fourth-order valence-electron chi connectivity index (χ4n) is 4.23. The Kier molecular flexibility index (Phi) is 11.6. The zero-order chi connectivity index (χ0) is 30.2. The van der Waals surface area contributed by atoms with Gasteiger partial charge in [-0.1, -0.05) is 76.9 Å². The van der Waals surface area contributed by atoms with Crippen molar-refractivity contribution < 1.29 is 22.7 Å². The van der Waals surface area contributed by atoms with E-state index >= 15 is 0 Å². The summed E-state index contributed by atoms with van der Waals surface area (Å²) in [5.74, 6) is -0.636. The molecule has 3 rings (SSSR count). The Morgan fingerprint density at radius 2 is 1.68 bits per heavy atom. The second kappa shape index (κ2) is 14.7. The average molecular weight is 665 g/mol. The normalized spacial score (nSPS) is 12.7. The van der Waals surface area contributed by atoms with E-state index < -0.39 is 28.5 Å². The van der Waals surface area contributed by atoms with Crippen LogP contribution in [0.4, 0.5) is 5.69 Å². The van der Waals surface area contributed by atoms with Gasteiger partial charge in [0.15, 0.2) is 0 Å². The van der Waals surface area contributed by atoms with E-state index in [0.29, 0.717) is 6.42 Å². The minimum absolute atomic E-state index is 0.0851. The first-order chi connectivity index (χ1) is 19.4. The van der Waals surface area contributed by atoms with Gasteiger partial charge in [-0.05, 0) is 54.8 Å². The van der Waals surface area contributed by atoms with E-state index in [1.54, 1.807) is 6.07 Å². The van der Waals surface area contributed by atoms with E-state index in [4.69, 9.17) is 16.3 Å². The summed E-state index contributed by atoms with van der Waals surface area (Å²) < 4.78 is 33.2. The second-order valence-electron chi connectivity index (χ2n) is 9.76. The molecule has 2 atom stereocenters. The van der Waals surface area contributed by atoms with Crippen LogP contribution in [0.15, 0.2) is 77.3 Å². The Hall–Kier alpha value is -3.08. The molecule has 0 aliphatic carbocycles. The summed E-state index contributed by atoms with van der Waals surface area (Å²) in [6, 6.07) is 20.3. The first-order valence-corrected chi connectivity index (χ1v) is 16.1. The topological polar surface area (TPSA) is 96.0 Å². The van der Waals surface area contributed by atoms with Crippen molar-refractivity contribution in [2.24, 2.45) is 0 Å². The van der Waals surface area contributed by atoms with Gasteiger partial charge in [0.1, 0.15) is 18.3 Å². The average Bonchev–Trinajstić information content (AvgIpc) is 2.94. The van der Waals surface area contributed by atoms with Gasteiger partial charge >= 0.3 is 0 Å². The van der Waals surface area contributed by atoms with Crippen molar-refractivity contribution >= 4 is 55.1 Å². The zero-order valence-corrected chi connectivity index (χ0v) is 26.7. The molecule has 41 heavy (non-hydrogen) atoms. The number of carbonyl (C=O) groups excluding carboxylic acids is 2. The smallest absolute Gasteiger partial charge is 0.244 e. The summed E-state index contributed by atoms with van der Waals surface area (Å²) in [5.41, 5.74) is 1.77. The lowest BCUT2D eigenvalue weighted by atomic mass is 10.0. The number of nitrogens with zero attached hydrogens (tertiary/aromatic N) is 2. The third-order valence-corrected chi connectivity index (χ3v) is 8.52. The van der Waals surface area contributed by atoms with E-state index in [0.717, 1.165) is 26.2 Å². The summed E-state index contributed by atoms with van der Waals surface area (Å²) in [6.07, 6.45) is 1.96. The standard InChI is InChI=1S/C30H35BrClN3O5S/c1-5-21(2)33-30(37)27(17-22-9-7-6-8-10-22)34(19-23-11-13-24(31)14-12-23)29(36)20-35(41(4,38)39)26-18-25(32)15-16-28(26)40-3/h6-16,18,21,27H,5,17,19-20H2,1-4H3,(H,33,37)/t21-,27+/m1/s1. The number of sulfonamides is 1. The number of nitrogens with one attached hydrogen (secondary N) is 1. The molecule has 3 aromatic carbocycles. The molecule has 0 aromatic heterocycles. The molecule has 2 amide bonds. The monoisotopic (exact) mass is 663 g/mol. The van der Waals surface area contributed by atoms with Crippen LogP contribution < -0.4 is 14.4 Å². The van der Waals surface area contributed by atoms with Crippen molar-refractivity contribution in [3.63, 3.8) is 0 Å². The van der Waals surface area contributed by atoms with E-state index in [2.05, 4.69) is 21.2 Å². The van der Waals surface area contributed by atoms with Gasteiger partial charge in [-0.25, -0.2) is 8.42 Å². The molecule has 220 valence electrons. The molecular weight excluding hydrogens is 630 g/mol. The first kappa shape index (κ1) is 32.4. The number of methoxy groups -OCH3 is 1. The fourth-order valence-corrected chi connectivity index (χ4v) is 5.51. The van der Waals surface area contributed by atoms with E-state index in [9.17, 15) is 18.0 Å². The van der Waals surface area contributed by atoms with Crippen LogP contribution in [0.3, 0.4) is 0 Å². The highest BCUT2D eigenvalue weighted by Crippen LogP contribution is 2.33. The summed E-state index contributed by atoms with van der Waals surface area (Å²) in [5, 5.41) is 3.29. The maximum Gasteiger partial charge on any atom is 0.244 e. The molecule has 0 unspecified atom stereocenters. The highest BCUT2D eigenvalue weighted by molar-refractivity contribution is 9.10. The van der Waals surface area contributed by atoms with E-state index in [1.807, 2.05) is 68.4 Å². The number of ether oxygens (including phenoxy) is 1. The lowest BCUT2D eigenvalue weighted by molar-refractivity contribution is -0.140. The minimum atomic E-state index is -3.96. The number of amides is 2. The van der Waals surface area contributed by atoms with Crippen LogP contribution in [0.25, 0.3) is 0 Å². The lowest BCUT2D eigenvalue weighted by Gasteiger charge is -2.34. The number of hydrogen-bond acceptors (Lipinski definition) is 5. The Balaban J connectivity index is 2.10. The van der Waals surface area contributed by atoms with Crippen LogP contribution in [0.2, 0.25) is 5.02 Å². The van der Waals surface area contributed by atoms with Crippen LogP contribution in [-0.4, -0.2) is 57.1 Å². The van der Waals surface area contributed by atoms with Gasteiger partial charge in [0, 0.05) is 28.5 Å². The molecule has 0 saturated carbocycles. The SMILES string of the molecule is CC[C@@H](C)NC(=O)[C@H](Cc1ccccc1)N(Cc1ccc(Br)cc1)C(=O)CN(c1cc(Cl)ccc1OC)S(C)(=O)=O. The third-order valence-electron chi connectivity index (χ3n) is 6.63. The molecule has 3 aromatic rings. The summed E-state index contributed by atoms with van der Waals surface area (Å²) in [4.78, 5) is 29.3. The number of halogens is 2. The van der Waals surface area contributed by atoms with Gasteiger partial charge in [-0.2, -0.15) is 0 Å². The molecule has 8 nitrogen and oxygen atoms in total. The summed E-state index contributed by atoms with van der Waals surface area (Å²) in [7, 11) is -2.55. The van der Waals surface area contributed by atoms with Crippen molar-refractivity contribution in [1.29, 1.82) is 0 Å². The quantitative estimate of drug-likeness (QED) is 0.263. The Labute approximate surface area is 255 Å². The molecule has 0 aliphatic heterocycles. The van der Waals surface area contributed by atoms with Gasteiger partial charge < -0.3 is 15.0 Å². The van der Waals surface area contributed by atoms with Gasteiger partial charge in [0.25, 0.3) is 0 Å². The number of hydrogen-bond donors (Lipinski definition) is 1. The molecule has 11 heteroatoms. The summed E-state index contributed by atoms with van der Waals surface area (Å²) >= 11 is 9.63. The number of rotatable bonds is 13. The fraction of sp³-hybridized carbons (Fsp3) is 0.333. The maximum absolute atomic E-state index is 14.2. The Morgan fingerprint density at radius 1 is 1.02 bits per heavy atom. The Bertz CT molecular complexity index is 1440. The van der Waals surface area contributed by atoms with E-state index in [1.165, 1.54) is 24.1 Å². The van der Waals surface area contributed by atoms with E-state index in [-0.39, 0.29) is 41.4 Å². The third kappa shape index (κ3) is 9.21.